The zero-order valence-corrected chi connectivity index (χ0v) is 10.00. The van der Waals surface area contributed by atoms with E-state index in [1.807, 2.05) is 0 Å². The summed E-state index contributed by atoms with van der Waals surface area (Å²) < 4.78 is 0. The average Bonchev–Trinajstić information content (AvgIpc) is 0. The Bertz CT molecular complexity index is 10.8. The molecule has 0 saturated heterocycles. The maximum Gasteiger partial charge on any atom is 3.00 e. The van der Waals surface area contributed by atoms with Gasteiger partial charge in [0.05, 0.1) is 0 Å². The van der Waals surface area contributed by atoms with Gasteiger partial charge in [0.15, 0.2) is 0 Å². The third-order valence-corrected chi connectivity index (χ3v) is 0. The second kappa shape index (κ2) is 40.5. The molecular formula is AlCaKO3. The van der Waals surface area contributed by atoms with E-state index < -0.39 is 0 Å². The van der Waals surface area contributed by atoms with Crippen LogP contribution in [0.4, 0.5) is 0 Å². The molecule has 0 heterocycles. The molecule has 0 aromatic heterocycles. The topological polar surface area (TPSA) is 85.5 Å². The van der Waals surface area contributed by atoms with Gasteiger partial charge in [-0.05, 0) is 0 Å². The van der Waals surface area contributed by atoms with Gasteiger partial charge in [0.2, 0.25) is 0 Å². The predicted molar refractivity (Wildman–Crippen MR) is 13.6 cm³/mol. The van der Waals surface area contributed by atoms with Gasteiger partial charge in [0, 0.05) is 0 Å². The van der Waals surface area contributed by atoms with Crippen LogP contribution in [-0.4, -0.2) is 55.1 Å². The predicted octanol–water partition coefficient (Wildman–Crippen LogP) is -4.11. The van der Waals surface area contributed by atoms with Gasteiger partial charge in [-0.2, -0.15) is 0 Å². The molecule has 0 aliphatic carbocycles. The van der Waals surface area contributed by atoms with E-state index in [4.69, 9.17) is 0 Å². The minimum atomic E-state index is 0. The first-order valence-corrected chi connectivity index (χ1v) is 0. The summed E-state index contributed by atoms with van der Waals surface area (Å²) >= 11 is 0. The van der Waals surface area contributed by atoms with Crippen molar-refractivity contribution in [1.82, 2.24) is 0 Å². The van der Waals surface area contributed by atoms with Crippen molar-refractivity contribution >= 4 is 55.1 Å². The van der Waals surface area contributed by atoms with Crippen molar-refractivity contribution in [2.24, 2.45) is 0 Å². The molecule has 0 aliphatic rings. The van der Waals surface area contributed by atoms with Crippen LogP contribution >= 0.6 is 0 Å². The first-order chi connectivity index (χ1) is 0. The average molecular weight is 154 g/mol. The Hall–Kier alpha value is 3.31. The van der Waals surface area contributed by atoms with E-state index in [1.54, 1.807) is 0 Å². The second-order valence-corrected chi connectivity index (χ2v) is 0. The Morgan fingerprint density at radius 3 is 0.667 bits per heavy atom. The van der Waals surface area contributed by atoms with Gasteiger partial charge in [-0.3, -0.25) is 0 Å². The van der Waals surface area contributed by atoms with Crippen LogP contribution in [-0.2, 0) is 16.4 Å². The minimum Gasteiger partial charge on any atom is -2.00 e. The number of hydrogen-bond donors (Lipinski definition) is 0. The Morgan fingerprint density at radius 2 is 0.667 bits per heavy atom. The molecule has 0 aromatic rings. The summed E-state index contributed by atoms with van der Waals surface area (Å²) in [4.78, 5) is 0. The molecule has 0 atom stereocenters. The molecule has 6 heavy (non-hydrogen) atoms. The van der Waals surface area contributed by atoms with E-state index >= 15 is 0 Å². The summed E-state index contributed by atoms with van der Waals surface area (Å²) in [6, 6.07) is 0. The summed E-state index contributed by atoms with van der Waals surface area (Å²) in [6.07, 6.45) is 0. The molecule has 0 amide bonds. The fourth-order valence-corrected chi connectivity index (χ4v) is 0. The van der Waals surface area contributed by atoms with Crippen LogP contribution in [0.3, 0.4) is 0 Å². The fraction of sp³-hybridized carbons (Fsp3) is 0. The molecule has 0 N–H and O–H groups in total. The van der Waals surface area contributed by atoms with E-state index in [0.29, 0.717) is 0 Å². The summed E-state index contributed by atoms with van der Waals surface area (Å²) in [5.74, 6) is 0. The number of hydrogen-bond acceptors (Lipinski definition) is 0. The van der Waals surface area contributed by atoms with Crippen molar-refractivity contribution < 1.29 is 67.8 Å². The monoisotopic (exact) mass is 154 g/mol. The van der Waals surface area contributed by atoms with Crippen molar-refractivity contribution in [1.29, 1.82) is 0 Å². The summed E-state index contributed by atoms with van der Waals surface area (Å²) in [5.41, 5.74) is 0. The summed E-state index contributed by atoms with van der Waals surface area (Å²) in [6.45, 7) is 0. The van der Waals surface area contributed by atoms with Gasteiger partial charge in [-0.1, -0.05) is 0 Å². The van der Waals surface area contributed by atoms with Crippen LogP contribution in [0.25, 0.3) is 0 Å². The Balaban J connectivity index is 0. The Morgan fingerprint density at radius 1 is 0.667 bits per heavy atom. The molecule has 0 aromatic carbocycles. The second-order valence-electron chi connectivity index (χ2n) is 0. The van der Waals surface area contributed by atoms with Crippen LogP contribution in [0, 0.1) is 0 Å². The Kier molecular flexibility index (Phi) is 397. The molecule has 0 saturated carbocycles. The van der Waals surface area contributed by atoms with Gasteiger partial charge in [-0.15, -0.1) is 0 Å². The SMILES string of the molecule is [Al+3].[Ca+2].[K+].[O-2].[O-2].[O-2]. The first-order valence-electron chi connectivity index (χ1n) is 0. The molecule has 0 aliphatic heterocycles. The third-order valence-electron chi connectivity index (χ3n) is 0. The third kappa shape index (κ3) is 26.6. The van der Waals surface area contributed by atoms with Gasteiger partial charge in [-0.25, -0.2) is 0 Å². The zero-order chi connectivity index (χ0) is 0. The molecule has 24 valence electrons. The molecular weight excluding hydrogens is 154 g/mol. The van der Waals surface area contributed by atoms with Crippen LogP contribution in [0.1, 0.15) is 0 Å². The molecule has 6 heteroatoms. The summed E-state index contributed by atoms with van der Waals surface area (Å²) in [5, 5.41) is 0. The van der Waals surface area contributed by atoms with Crippen molar-refractivity contribution in [2.75, 3.05) is 0 Å². The van der Waals surface area contributed by atoms with Crippen molar-refractivity contribution in [2.45, 2.75) is 0 Å². The maximum atomic E-state index is 0. The molecule has 0 spiro atoms. The minimum absolute atomic E-state index is 0. The van der Waals surface area contributed by atoms with E-state index in [9.17, 15) is 0 Å². The van der Waals surface area contributed by atoms with Crippen LogP contribution in [0.15, 0.2) is 0 Å². The maximum absolute atomic E-state index is 0. The fourth-order valence-electron chi connectivity index (χ4n) is 0. The Labute approximate surface area is 120 Å². The molecule has 0 radical (unpaired) electrons. The van der Waals surface area contributed by atoms with Crippen molar-refractivity contribution in [3.05, 3.63) is 0 Å². The molecule has 0 rings (SSSR count). The summed E-state index contributed by atoms with van der Waals surface area (Å²) in [7, 11) is 0. The van der Waals surface area contributed by atoms with E-state index in [-0.39, 0.29) is 123 Å². The van der Waals surface area contributed by atoms with Crippen LogP contribution in [0.5, 0.6) is 0 Å². The normalized spacial score (nSPS) is 0. The standard InChI is InChI=1S/Al.Ca.K.3O/q+3;+2;+1;3*-2. The quantitative estimate of drug-likeness (QED) is 0.317. The van der Waals surface area contributed by atoms with Crippen LogP contribution < -0.4 is 51.4 Å². The van der Waals surface area contributed by atoms with Crippen LogP contribution in [0.2, 0.25) is 0 Å². The van der Waals surface area contributed by atoms with Gasteiger partial charge >= 0.3 is 106 Å². The van der Waals surface area contributed by atoms with Gasteiger partial charge in [0.25, 0.3) is 0 Å². The van der Waals surface area contributed by atoms with E-state index in [1.165, 1.54) is 0 Å². The van der Waals surface area contributed by atoms with E-state index in [2.05, 4.69) is 0 Å². The zero-order valence-electron chi connectivity index (χ0n) is 3.51. The largest absolute Gasteiger partial charge is 3.00 e. The molecule has 0 unspecified atom stereocenters. The van der Waals surface area contributed by atoms with Gasteiger partial charge in [0.1, 0.15) is 0 Å². The van der Waals surface area contributed by atoms with Crippen molar-refractivity contribution in [3.8, 4) is 0 Å². The van der Waals surface area contributed by atoms with Gasteiger partial charge < -0.3 is 16.4 Å². The number of rotatable bonds is 0. The smallest absolute Gasteiger partial charge is 2.00 e. The molecule has 0 bridgehead atoms. The molecule has 0 fully saturated rings. The first kappa shape index (κ1) is 58.7. The van der Waals surface area contributed by atoms with Crippen molar-refractivity contribution in [3.63, 3.8) is 0 Å². The molecule has 3 nitrogen and oxygen atoms in total. The van der Waals surface area contributed by atoms with E-state index in [0.717, 1.165) is 0 Å².